The number of rotatable bonds is 7. The van der Waals surface area contributed by atoms with Crippen molar-refractivity contribution < 1.29 is 4.21 Å². The quantitative estimate of drug-likeness (QED) is 0.661. The highest BCUT2D eigenvalue weighted by Crippen LogP contribution is 1.96. The molecule has 0 aromatic carbocycles. The van der Waals surface area contributed by atoms with Gasteiger partial charge in [0.15, 0.2) is 0 Å². The van der Waals surface area contributed by atoms with E-state index in [0.29, 0.717) is 6.04 Å². The molecule has 0 amide bonds. The molecule has 1 N–H and O–H groups in total. The van der Waals surface area contributed by atoms with Crippen LogP contribution in [0.3, 0.4) is 0 Å². The van der Waals surface area contributed by atoms with Crippen LogP contribution in [0.25, 0.3) is 0 Å². The van der Waals surface area contributed by atoms with E-state index in [1.165, 1.54) is 0 Å². The van der Waals surface area contributed by atoms with Crippen molar-refractivity contribution >= 4 is 10.8 Å². The van der Waals surface area contributed by atoms with E-state index in [1.807, 2.05) is 0 Å². The summed E-state index contributed by atoms with van der Waals surface area (Å²) in [4.78, 5) is 0. The minimum absolute atomic E-state index is 0.447. The van der Waals surface area contributed by atoms with Crippen molar-refractivity contribution in [1.29, 1.82) is 0 Å². The fraction of sp³-hybridized carbons (Fsp3) is 1.00. The molecule has 2 unspecified atom stereocenters. The summed E-state index contributed by atoms with van der Waals surface area (Å²) < 4.78 is 11.4. The molecule has 0 saturated heterocycles. The zero-order valence-corrected chi connectivity index (χ0v) is 9.25. The normalized spacial score (nSPS) is 15.9. The molecule has 2 nitrogen and oxygen atoms in total. The van der Waals surface area contributed by atoms with Crippen molar-refractivity contribution in [3.63, 3.8) is 0 Å². The summed E-state index contributed by atoms with van der Waals surface area (Å²) in [5.41, 5.74) is 0. The van der Waals surface area contributed by atoms with Crippen LogP contribution in [0.2, 0.25) is 0 Å². The number of nitrogens with one attached hydrogen (secondary N) is 1. The van der Waals surface area contributed by atoms with Gasteiger partial charge in [0.2, 0.25) is 0 Å². The molecule has 74 valence electrons. The molecule has 0 aliphatic heterocycles. The molecule has 0 aliphatic carbocycles. The van der Waals surface area contributed by atoms with E-state index in [-0.39, 0.29) is 0 Å². The predicted molar refractivity (Wildman–Crippen MR) is 55.9 cm³/mol. The Bertz CT molecular complexity index is 128. The van der Waals surface area contributed by atoms with Crippen LogP contribution >= 0.6 is 0 Å². The van der Waals surface area contributed by atoms with E-state index in [4.69, 9.17) is 0 Å². The highest BCUT2D eigenvalue weighted by molar-refractivity contribution is 7.85. The first-order valence-corrected chi connectivity index (χ1v) is 6.31. The predicted octanol–water partition coefficient (Wildman–Crippen LogP) is 1.53. The maximum atomic E-state index is 11.4. The largest absolute Gasteiger partial charge is 0.313 e. The van der Waals surface area contributed by atoms with Gasteiger partial charge < -0.3 is 5.32 Å². The molecular formula is C9H21NOS. The molecule has 0 saturated carbocycles. The molecule has 2 atom stereocenters. The molecule has 0 aliphatic rings. The number of hydrogen-bond donors (Lipinski definition) is 1. The molecule has 0 bridgehead atoms. The van der Waals surface area contributed by atoms with Crippen LogP contribution in [0.1, 0.15) is 33.6 Å². The highest BCUT2D eigenvalue weighted by atomic mass is 32.2. The van der Waals surface area contributed by atoms with E-state index >= 15 is 0 Å². The van der Waals surface area contributed by atoms with Gasteiger partial charge in [0.05, 0.1) is 0 Å². The topological polar surface area (TPSA) is 29.1 Å². The summed E-state index contributed by atoms with van der Waals surface area (Å²) in [6.07, 6.45) is 2.10. The van der Waals surface area contributed by atoms with Crippen LogP contribution in [0.15, 0.2) is 0 Å². The summed E-state index contributed by atoms with van der Waals surface area (Å²) >= 11 is 0. The van der Waals surface area contributed by atoms with E-state index in [1.54, 1.807) is 0 Å². The van der Waals surface area contributed by atoms with Crippen molar-refractivity contribution in [3.05, 3.63) is 0 Å². The van der Waals surface area contributed by atoms with Crippen LogP contribution in [0.4, 0.5) is 0 Å². The van der Waals surface area contributed by atoms with Crippen molar-refractivity contribution in [3.8, 4) is 0 Å². The molecule has 0 aromatic rings. The molecule has 0 fully saturated rings. The van der Waals surface area contributed by atoms with Crippen molar-refractivity contribution in [2.75, 3.05) is 18.1 Å². The smallest absolute Gasteiger partial charge is 0.0388 e. The zero-order valence-electron chi connectivity index (χ0n) is 8.43. The first-order chi connectivity index (χ1) is 5.74. The van der Waals surface area contributed by atoms with Crippen LogP contribution in [0.5, 0.6) is 0 Å². The van der Waals surface area contributed by atoms with E-state index in [0.717, 1.165) is 30.9 Å². The lowest BCUT2D eigenvalue weighted by Gasteiger charge is -2.14. The Labute approximate surface area is 78.6 Å². The highest BCUT2D eigenvalue weighted by Gasteiger charge is 2.07. The minimum Gasteiger partial charge on any atom is -0.313 e. The molecule has 0 rings (SSSR count). The fourth-order valence-corrected chi connectivity index (χ4v) is 2.57. The van der Waals surface area contributed by atoms with Gasteiger partial charge in [0.1, 0.15) is 0 Å². The third-order valence-corrected chi connectivity index (χ3v) is 3.44. The molecule has 0 radical (unpaired) electrons. The maximum Gasteiger partial charge on any atom is 0.0388 e. The van der Waals surface area contributed by atoms with Gasteiger partial charge in [-0.15, -0.1) is 0 Å². The van der Waals surface area contributed by atoms with Gasteiger partial charge in [-0.05, 0) is 19.4 Å². The van der Waals surface area contributed by atoms with Crippen LogP contribution < -0.4 is 5.32 Å². The Morgan fingerprint density at radius 2 is 2.00 bits per heavy atom. The minimum atomic E-state index is -0.614. The van der Waals surface area contributed by atoms with Gasteiger partial charge >= 0.3 is 0 Å². The standard InChI is InChI=1S/C9H21NOS/c1-4-7-12(11)8-9(5-2)10-6-3/h9-10H,4-8H2,1-3H3. The maximum absolute atomic E-state index is 11.4. The van der Waals surface area contributed by atoms with Gasteiger partial charge in [0.25, 0.3) is 0 Å². The lowest BCUT2D eigenvalue weighted by atomic mass is 10.2. The molecule has 0 aromatic heterocycles. The second-order valence-electron chi connectivity index (χ2n) is 2.97. The van der Waals surface area contributed by atoms with E-state index < -0.39 is 10.8 Å². The summed E-state index contributed by atoms with van der Waals surface area (Å²) in [5.74, 6) is 1.67. The van der Waals surface area contributed by atoms with E-state index in [9.17, 15) is 4.21 Å². The zero-order chi connectivity index (χ0) is 9.40. The molecule has 0 spiro atoms. The van der Waals surface area contributed by atoms with Crippen LogP contribution in [-0.4, -0.2) is 28.3 Å². The third kappa shape index (κ3) is 5.72. The monoisotopic (exact) mass is 191 g/mol. The molecule has 12 heavy (non-hydrogen) atoms. The first kappa shape index (κ1) is 12.1. The fourth-order valence-electron chi connectivity index (χ4n) is 1.15. The van der Waals surface area contributed by atoms with Gasteiger partial charge in [-0.2, -0.15) is 0 Å². The van der Waals surface area contributed by atoms with Crippen molar-refractivity contribution in [1.82, 2.24) is 5.32 Å². The molecular weight excluding hydrogens is 170 g/mol. The third-order valence-electron chi connectivity index (χ3n) is 1.80. The van der Waals surface area contributed by atoms with Gasteiger partial charge in [-0.3, -0.25) is 4.21 Å². The number of hydrogen-bond acceptors (Lipinski definition) is 2. The van der Waals surface area contributed by atoms with Crippen molar-refractivity contribution in [2.45, 2.75) is 39.7 Å². The second kappa shape index (κ2) is 7.74. The Morgan fingerprint density at radius 1 is 1.33 bits per heavy atom. The summed E-state index contributed by atoms with van der Waals surface area (Å²) in [6, 6.07) is 0.447. The first-order valence-electron chi connectivity index (χ1n) is 4.82. The molecule has 3 heteroatoms. The summed E-state index contributed by atoms with van der Waals surface area (Å²) in [6.45, 7) is 7.27. The molecule has 0 heterocycles. The average molecular weight is 191 g/mol. The lowest BCUT2D eigenvalue weighted by Crippen LogP contribution is -2.33. The second-order valence-corrected chi connectivity index (χ2v) is 4.59. The Hall–Kier alpha value is 0.110. The SMILES string of the molecule is CCCS(=O)CC(CC)NCC. The van der Waals surface area contributed by atoms with Gasteiger partial charge in [-0.25, -0.2) is 0 Å². The summed E-state index contributed by atoms with van der Waals surface area (Å²) in [7, 11) is -0.614. The van der Waals surface area contributed by atoms with Crippen LogP contribution in [0, 0.1) is 0 Å². The van der Waals surface area contributed by atoms with Crippen LogP contribution in [-0.2, 0) is 10.8 Å². The summed E-state index contributed by atoms with van der Waals surface area (Å²) in [5, 5.41) is 3.33. The Morgan fingerprint density at radius 3 is 2.42 bits per heavy atom. The Balaban J connectivity index is 3.61. The van der Waals surface area contributed by atoms with Gasteiger partial charge in [-0.1, -0.05) is 20.8 Å². The van der Waals surface area contributed by atoms with Gasteiger partial charge in [0, 0.05) is 28.3 Å². The van der Waals surface area contributed by atoms with Crippen molar-refractivity contribution in [2.24, 2.45) is 0 Å². The van der Waals surface area contributed by atoms with E-state index in [2.05, 4.69) is 26.1 Å². The average Bonchev–Trinajstić information content (AvgIpc) is 2.04. The lowest BCUT2D eigenvalue weighted by molar-refractivity contribution is 0.553. The Kier molecular flexibility index (Phi) is 7.81.